The molecule has 0 amide bonds. The van der Waals surface area contributed by atoms with Gasteiger partial charge in [-0.15, -0.1) is 0 Å². The molecule has 88 valence electrons. The van der Waals surface area contributed by atoms with Crippen LogP contribution in [0, 0.1) is 0 Å². The molecular formula is C15H17OS+. The molecule has 1 aliphatic heterocycles. The quantitative estimate of drug-likeness (QED) is 0.734. The number of benzene rings is 2. The predicted octanol–water partition coefficient (Wildman–Crippen LogP) is 3.62. The molecule has 0 radical (unpaired) electrons. The van der Waals surface area contributed by atoms with E-state index in [1.54, 1.807) is 12.0 Å². The average Bonchev–Trinajstić information content (AvgIpc) is 2.91. The maximum Gasteiger partial charge on any atom is 0.162 e. The van der Waals surface area contributed by atoms with Gasteiger partial charge in [0.05, 0.1) is 7.11 Å². The predicted molar refractivity (Wildman–Crippen MR) is 75.1 cm³/mol. The summed E-state index contributed by atoms with van der Waals surface area (Å²) in [7, 11) is 2.22. The Kier molecular flexibility index (Phi) is 2.98. The minimum absolute atomic E-state index is 0.469. The molecule has 0 spiro atoms. The number of rotatable bonds is 2. The molecule has 17 heavy (non-hydrogen) atoms. The van der Waals surface area contributed by atoms with Gasteiger partial charge in [-0.3, -0.25) is 0 Å². The minimum Gasteiger partial charge on any atom is -0.496 e. The van der Waals surface area contributed by atoms with E-state index in [1.165, 1.54) is 35.1 Å². The van der Waals surface area contributed by atoms with Crippen LogP contribution in [-0.2, 0) is 10.9 Å². The Morgan fingerprint density at radius 2 is 1.65 bits per heavy atom. The molecule has 0 atom stereocenters. The van der Waals surface area contributed by atoms with Gasteiger partial charge in [-0.25, -0.2) is 0 Å². The summed E-state index contributed by atoms with van der Waals surface area (Å²) in [6.45, 7) is 0. The first-order chi connectivity index (χ1) is 8.40. The second-order valence-corrected chi connectivity index (χ2v) is 6.66. The summed E-state index contributed by atoms with van der Waals surface area (Å²) in [6.07, 6.45) is 2.78. The monoisotopic (exact) mass is 245 g/mol. The normalized spacial score (nSPS) is 16.5. The van der Waals surface area contributed by atoms with Gasteiger partial charge in [-0.1, -0.05) is 18.2 Å². The molecule has 0 bridgehead atoms. The third-order valence-electron chi connectivity index (χ3n) is 3.40. The Labute approximate surface area is 105 Å². The molecule has 2 aromatic rings. The first-order valence-electron chi connectivity index (χ1n) is 6.13. The van der Waals surface area contributed by atoms with Crippen LogP contribution in [0.5, 0.6) is 5.75 Å². The average molecular weight is 245 g/mol. The van der Waals surface area contributed by atoms with Crippen molar-refractivity contribution in [2.24, 2.45) is 0 Å². The maximum atomic E-state index is 5.45. The van der Waals surface area contributed by atoms with Crippen molar-refractivity contribution < 1.29 is 4.74 Å². The summed E-state index contributed by atoms with van der Waals surface area (Å²) in [5, 5.41) is 2.64. The standard InChI is InChI=1S/C15H17OS/c1-16-14-8-4-7-13-12(14)6-5-9-15(13)17-10-2-3-11-17/h4-9H,2-3,10-11H2,1H3/q+1. The fraction of sp³-hybridized carbons (Fsp3) is 0.333. The van der Waals surface area contributed by atoms with Crippen molar-refractivity contribution in [3.05, 3.63) is 36.4 Å². The zero-order valence-corrected chi connectivity index (χ0v) is 10.9. The molecule has 0 unspecified atom stereocenters. The Morgan fingerprint density at radius 3 is 2.41 bits per heavy atom. The van der Waals surface area contributed by atoms with E-state index in [1.807, 2.05) is 6.07 Å². The SMILES string of the molecule is COc1cccc2c([S+]3CCCC3)cccc12. The number of fused-ring (bicyclic) bond motifs is 1. The summed E-state index contributed by atoms with van der Waals surface area (Å²) in [5.74, 6) is 3.74. The first kappa shape index (κ1) is 11.0. The van der Waals surface area contributed by atoms with Crippen LogP contribution in [0.3, 0.4) is 0 Å². The van der Waals surface area contributed by atoms with Crippen LogP contribution in [0.1, 0.15) is 12.8 Å². The van der Waals surface area contributed by atoms with Gasteiger partial charge in [0.1, 0.15) is 17.3 Å². The van der Waals surface area contributed by atoms with Crippen LogP contribution >= 0.6 is 0 Å². The van der Waals surface area contributed by atoms with Crippen molar-refractivity contribution in [3.8, 4) is 5.75 Å². The van der Waals surface area contributed by atoms with Gasteiger partial charge in [0.25, 0.3) is 0 Å². The smallest absolute Gasteiger partial charge is 0.162 e. The molecule has 0 aliphatic carbocycles. The Bertz CT molecular complexity index is 529. The van der Waals surface area contributed by atoms with E-state index < -0.39 is 0 Å². The highest BCUT2D eigenvalue weighted by Crippen LogP contribution is 2.33. The molecule has 3 rings (SSSR count). The largest absolute Gasteiger partial charge is 0.496 e. The lowest BCUT2D eigenvalue weighted by atomic mass is 10.1. The maximum absolute atomic E-state index is 5.45. The Balaban J connectivity index is 2.18. The molecule has 2 heteroatoms. The lowest BCUT2D eigenvalue weighted by Gasteiger charge is -2.08. The lowest BCUT2D eigenvalue weighted by Crippen LogP contribution is -2.04. The molecule has 1 aliphatic rings. The summed E-state index contributed by atoms with van der Waals surface area (Å²) >= 11 is 0. The van der Waals surface area contributed by atoms with Crippen LogP contribution in [0.4, 0.5) is 0 Å². The summed E-state index contributed by atoms with van der Waals surface area (Å²) in [4.78, 5) is 1.54. The molecule has 1 fully saturated rings. The number of methoxy groups -OCH3 is 1. The van der Waals surface area contributed by atoms with Crippen molar-refractivity contribution in [1.82, 2.24) is 0 Å². The first-order valence-corrected chi connectivity index (χ1v) is 7.69. The third-order valence-corrected chi connectivity index (χ3v) is 5.95. The second-order valence-electron chi connectivity index (χ2n) is 4.42. The van der Waals surface area contributed by atoms with Crippen LogP contribution < -0.4 is 4.74 Å². The van der Waals surface area contributed by atoms with E-state index in [0.717, 1.165) is 5.75 Å². The van der Waals surface area contributed by atoms with E-state index in [4.69, 9.17) is 4.74 Å². The highest BCUT2D eigenvalue weighted by Gasteiger charge is 2.28. The highest BCUT2D eigenvalue weighted by molar-refractivity contribution is 7.97. The van der Waals surface area contributed by atoms with Crippen molar-refractivity contribution in [3.63, 3.8) is 0 Å². The van der Waals surface area contributed by atoms with Crippen molar-refractivity contribution in [1.29, 1.82) is 0 Å². The minimum atomic E-state index is 0.469. The van der Waals surface area contributed by atoms with E-state index in [9.17, 15) is 0 Å². The number of hydrogen-bond donors (Lipinski definition) is 0. The van der Waals surface area contributed by atoms with Crippen molar-refractivity contribution in [2.45, 2.75) is 17.7 Å². The Hall–Kier alpha value is -1.15. The van der Waals surface area contributed by atoms with Gasteiger partial charge in [0.15, 0.2) is 4.90 Å². The number of ether oxygens (including phenoxy) is 1. The molecule has 1 nitrogen and oxygen atoms in total. The van der Waals surface area contributed by atoms with E-state index in [2.05, 4.69) is 30.3 Å². The molecule has 2 aromatic carbocycles. The zero-order valence-electron chi connectivity index (χ0n) is 10.1. The van der Waals surface area contributed by atoms with Gasteiger partial charge in [0.2, 0.25) is 0 Å². The van der Waals surface area contributed by atoms with E-state index in [-0.39, 0.29) is 0 Å². The molecule has 0 saturated carbocycles. The molecule has 0 N–H and O–H groups in total. The van der Waals surface area contributed by atoms with Gasteiger partial charge in [0, 0.05) is 21.7 Å². The second kappa shape index (κ2) is 4.61. The van der Waals surface area contributed by atoms with Crippen LogP contribution in [0.2, 0.25) is 0 Å². The molecule has 1 saturated heterocycles. The topological polar surface area (TPSA) is 9.23 Å². The third kappa shape index (κ3) is 1.91. The summed E-state index contributed by atoms with van der Waals surface area (Å²) in [6, 6.07) is 13.0. The van der Waals surface area contributed by atoms with E-state index >= 15 is 0 Å². The summed E-state index contributed by atoms with van der Waals surface area (Å²) in [5.41, 5.74) is 0. The van der Waals surface area contributed by atoms with Crippen LogP contribution in [0.15, 0.2) is 41.3 Å². The van der Waals surface area contributed by atoms with Gasteiger partial charge in [-0.05, 0) is 31.0 Å². The van der Waals surface area contributed by atoms with Gasteiger partial charge in [-0.2, -0.15) is 0 Å². The molecule has 0 aromatic heterocycles. The number of hydrogen-bond acceptors (Lipinski definition) is 1. The van der Waals surface area contributed by atoms with Crippen molar-refractivity contribution in [2.75, 3.05) is 18.6 Å². The lowest BCUT2D eigenvalue weighted by molar-refractivity contribution is 0.420. The summed E-state index contributed by atoms with van der Waals surface area (Å²) < 4.78 is 5.45. The van der Waals surface area contributed by atoms with Gasteiger partial charge >= 0.3 is 0 Å². The van der Waals surface area contributed by atoms with Crippen LogP contribution in [-0.4, -0.2) is 18.6 Å². The fourth-order valence-corrected chi connectivity index (χ4v) is 5.07. The zero-order chi connectivity index (χ0) is 11.7. The highest BCUT2D eigenvalue weighted by atomic mass is 32.2. The molecular weight excluding hydrogens is 228 g/mol. The fourth-order valence-electron chi connectivity index (χ4n) is 2.56. The Morgan fingerprint density at radius 1 is 0.941 bits per heavy atom. The molecule has 1 heterocycles. The van der Waals surface area contributed by atoms with Crippen molar-refractivity contribution >= 4 is 21.7 Å². The van der Waals surface area contributed by atoms with Crippen LogP contribution in [0.25, 0.3) is 10.8 Å². The van der Waals surface area contributed by atoms with Gasteiger partial charge < -0.3 is 4.74 Å². The van der Waals surface area contributed by atoms with E-state index in [0.29, 0.717) is 10.9 Å².